The van der Waals surface area contributed by atoms with Gasteiger partial charge in [0.2, 0.25) is 0 Å². The third-order valence-electron chi connectivity index (χ3n) is 0.408. The second-order valence-electron chi connectivity index (χ2n) is 1.30. The highest BCUT2D eigenvalue weighted by Gasteiger charge is 1.65. The van der Waals surface area contributed by atoms with Crippen molar-refractivity contribution in [2.24, 2.45) is 0 Å². The Morgan fingerprint density at radius 2 is 1.55 bits per heavy atom. The summed E-state index contributed by atoms with van der Waals surface area (Å²) < 4.78 is 4.83. The quantitative estimate of drug-likeness (QED) is 0.660. The van der Waals surface area contributed by atoms with Crippen LogP contribution in [0.2, 0.25) is 0 Å². The topological polar surface area (TPSA) is 63.6 Å². The maximum Gasteiger partial charge on any atom is 0.300 e. The van der Waals surface area contributed by atoms with Crippen molar-refractivity contribution < 1.29 is 19.4 Å². The molecule has 0 heterocycles. The Balaban J connectivity index is -0.0000000965. The van der Waals surface area contributed by atoms with Crippen LogP contribution in [0.3, 0.4) is 0 Å². The normalized spacial score (nSPS) is 6.45. The van der Waals surface area contributed by atoms with Crippen LogP contribution in [0.4, 0.5) is 0 Å². The first-order chi connectivity index (χ1) is 5.15. The molecule has 0 aromatic carbocycles. The summed E-state index contributed by atoms with van der Waals surface area (Å²) in [4.78, 5) is 17.0. The predicted molar refractivity (Wildman–Crippen MR) is 42.6 cm³/mol. The van der Waals surface area contributed by atoms with Gasteiger partial charge in [0.1, 0.15) is 6.79 Å². The summed E-state index contributed by atoms with van der Waals surface area (Å²) in [5, 5.41) is 7.42. The van der Waals surface area contributed by atoms with E-state index in [-0.39, 0.29) is 0 Å². The summed E-state index contributed by atoms with van der Waals surface area (Å²) in [5.74, 6) is -0.833. The summed E-state index contributed by atoms with van der Waals surface area (Å²) >= 11 is 0. The highest BCUT2D eigenvalue weighted by Crippen LogP contribution is 1.64. The summed E-state index contributed by atoms with van der Waals surface area (Å²) in [6.07, 6.45) is 0. The van der Waals surface area contributed by atoms with Crippen molar-refractivity contribution in [3.63, 3.8) is 0 Å². The first kappa shape index (κ1) is 16.6. The van der Waals surface area contributed by atoms with Crippen molar-refractivity contribution in [3.8, 4) is 0 Å². The highest BCUT2D eigenvalue weighted by molar-refractivity contribution is 5.62. The standard InChI is InChI=1S/C4H10O.C2H4O2.CH2O/c1-3-5-4-2;1-2(3)4;1-2/h3-4H2,1-2H3;1H3,(H,3,4);1H2. The molecule has 0 aliphatic heterocycles. The fourth-order valence-electron chi connectivity index (χ4n) is 0.204. The molecule has 0 atom stereocenters. The van der Waals surface area contributed by atoms with Crippen molar-refractivity contribution in [3.05, 3.63) is 0 Å². The molecule has 0 aliphatic carbocycles. The van der Waals surface area contributed by atoms with E-state index in [2.05, 4.69) is 0 Å². The lowest BCUT2D eigenvalue weighted by Gasteiger charge is -1.86. The van der Waals surface area contributed by atoms with E-state index < -0.39 is 5.97 Å². The van der Waals surface area contributed by atoms with Gasteiger partial charge in [-0.2, -0.15) is 0 Å². The molecule has 0 fully saturated rings. The molecule has 0 bridgehead atoms. The number of ether oxygens (including phenoxy) is 1. The number of hydrogen-bond donors (Lipinski definition) is 1. The van der Waals surface area contributed by atoms with Gasteiger partial charge in [0.15, 0.2) is 0 Å². The first-order valence-corrected chi connectivity index (χ1v) is 3.21. The maximum atomic E-state index is 9.00. The summed E-state index contributed by atoms with van der Waals surface area (Å²) in [7, 11) is 0. The van der Waals surface area contributed by atoms with Crippen molar-refractivity contribution in [2.75, 3.05) is 13.2 Å². The van der Waals surface area contributed by atoms with E-state index in [4.69, 9.17) is 19.4 Å². The van der Waals surface area contributed by atoms with Gasteiger partial charge in [-0.15, -0.1) is 0 Å². The third kappa shape index (κ3) is 379. The molecule has 68 valence electrons. The van der Waals surface area contributed by atoms with Gasteiger partial charge in [-0.1, -0.05) is 0 Å². The summed E-state index contributed by atoms with van der Waals surface area (Å²) in [5.41, 5.74) is 0. The van der Waals surface area contributed by atoms with Crippen LogP contribution in [0.1, 0.15) is 20.8 Å². The monoisotopic (exact) mass is 164 g/mol. The molecule has 0 rings (SSSR count). The number of carbonyl (C=O) groups excluding carboxylic acids is 1. The highest BCUT2D eigenvalue weighted by atomic mass is 16.5. The van der Waals surface area contributed by atoms with Crippen molar-refractivity contribution in [1.29, 1.82) is 0 Å². The van der Waals surface area contributed by atoms with E-state index in [1.165, 1.54) is 0 Å². The molecule has 0 amide bonds. The Morgan fingerprint density at radius 3 is 1.55 bits per heavy atom. The van der Waals surface area contributed by atoms with Crippen LogP contribution in [0, 0.1) is 0 Å². The number of hydrogen-bond acceptors (Lipinski definition) is 3. The Labute approximate surface area is 67.2 Å². The number of carbonyl (C=O) groups is 2. The molecule has 1 N–H and O–H groups in total. The van der Waals surface area contributed by atoms with Crippen molar-refractivity contribution in [1.82, 2.24) is 0 Å². The number of aliphatic carboxylic acids is 1. The van der Waals surface area contributed by atoms with Gasteiger partial charge in [-0.25, -0.2) is 0 Å². The number of carboxylic acids is 1. The first-order valence-electron chi connectivity index (χ1n) is 3.21. The van der Waals surface area contributed by atoms with Crippen LogP contribution in [0.5, 0.6) is 0 Å². The van der Waals surface area contributed by atoms with Crippen molar-refractivity contribution >= 4 is 12.8 Å². The maximum absolute atomic E-state index is 9.00. The average Bonchev–Trinajstić information content (AvgIpc) is 1.93. The minimum Gasteiger partial charge on any atom is -0.481 e. The van der Waals surface area contributed by atoms with E-state index >= 15 is 0 Å². The molecule has 4 nitrogen and oxygen atoms in total. The summed E-state index contributed by atoms with van der Waals surface area (Å²) in [6, 6.07) is 0. The molecule has 4 heteroatoms. The molecular formula is C7H16O4. The lowest BCUT2D eigenvalue weighted by molar-refractivity contribution is -0.134. The molecule has 0 spiro atoms. The molecule has 0 saturated heterocycles. The SMILES string of the molecule is C=O.CC(=O)O.CCOCC. The number of carboxylic acid groups (broad SMARTS) is 1. The molecular weight excluding hydrogens is 148 g/mol. The second-order valence-corrected chi connectivity index (χ2v) is 1.30. The van der Waals surface area contributed by atoms with Gasteiger partial charge >= 0.3 is 0 Å². The van der Waals surface area contributed by atoms with Crippen LogP contribution < -0.4 is 0 Å². The summed E-state index contributed by atoms with van der Waals surface area (Å²) in [6.45, 7) is 8.75. The van der Waals surface area contributed by atoms with Crippen LogP contribution in [0.15, 0.2) is 0 Å². The van der Waals surface area contributed by atoms with Crippen molar-refractivity contribution in [2.45, 2.75) is 20.8 Å². The van der Waals surface area contributed by atoms with Gasteiger partial charge in [0.05, 0.1) is 0 Å². The zero-order valence-electron chi connectivity index (χ0n) is 7.29. The second kappa shape index (κ2) is 23.0. The Hall–Kier alpha value is -0.900. The minimum atomic E-state index is -0.833. The van der Waals surface area contributed by atoms with Crippen LogP contribution in [0.25, 0.3) is 0 Å². The van der Waals surface area contributed by atoms with E-state index in [1.807, 2.05) is 20.6 Å². The van der Waals surface area contributed by atoms with Crippen LogP contribution in [-0.2, 0) is 14.3 Å². The molecule has 0 aliphatic rings. The van der Waals surface area contributed by atoms with Crippen LogP contribution in [-0.4, -0.2) is 31.1 Å². The zero-order valence-corrected chi connectivity index (χ0v) is 7.29. The number of rotatable bonds is 2. The van der Waals surface area contributed by atoms with Gasteiger partial charge in [-0.3, -0.25) is 4.79 Å². The lowest BCUT2D eigenvalue weighted by atomic mass is 10.8. The molecule has 0 radical (unpaired) electrons. The average molecular weight is 164 g/mol. The van der Waals surface area contributed by atoms with Crippen LogP contribution >= 0.6 is 0 Å². The van der Waals surface area contributed by atoms with Gasteiger partial charge < -0.3 is 14.6 Å². The fourth-order valence-corrected chi connectivity index (χ4v) is 0.204. The predicted octanol–water partition coefficient (Wildman–Crippen LogP) is 0.949. The fraction of sp³-hybridized carbons (Fsp3) is 0.714. The minimum absolute atomic E-state index is 0.833. The molecule has 11 heavy (non-hydrogen) atoms. The van der Waals surface area contributed by atoms with Gasteiger partial charge in [-0.05, 0) is 13.8 Å². The molecule has 0 saturated carbocycles. The molecule has 0 aromatic rings. The van der Waals surface area contributed by atoms with Gasteiger partial charge in [0, 0.05) is 20.1 Å². The zero-order chi connectivity index (χ0) is 9.70. The van der Waals surface area contributed by atoms with E-state index in [0.717, 1.165) is 20.1 Å². The van der Waals surface area contributed by atoms with E-state index in [0.29, 0.717) is 0 Å². The lowest BCUT2D eigenvalue weighted by Crippen LogP contribution is -1.84. The van der Waals surface area contributed by atoms with E-state index in [9.17, 15) is 0 Å². The smallest absolute Gasteiger partial charge is 0.300 e. The molecule has 0 aromatic heterocycles. The third-order valence-corrected chi connectivity index (χ3v) is 0.408. The Morgan fingerprint density at radius 1 is 1.36 bits per heavy atom. The van der Waals surface area contributed by atoms with Gasteiger partial charge in [0.25, 0.3) is 5.97 Å². The molecule has 0 unspecified atom stereocenters. The largest absolute Gasteiger partial charge is 0.481 e. The van der Waals surface area contributed by atoms with E-state index in [1.54, 1.807) is 0 Å². The Kier molecular flexibility index (Phi) is 34.6. The Bertz CT molecular complexity index is 66.8.